The molecule has 0 saturated heterocycles. The molecule has 0 aliphatic rings. The third kappa shape index (κ3) is 4.92. The lowest BCUT2D eigenvalue weighted by atomic mass is 10.1. The Morgan fingerprint density at radius 3 is 2.53 bits per heavy atom. The molecule has 8 nitrogen and oxygen atoms in total. The molecule has 2 N–H and O–H groups in total. The Bertz CT molecular complexity index is 1070. The second kappa shape index (κ2) is 8.49. The zero-order chi connectivity index (χ0) is 21.9. The van der Waals surface area contributed by atoms with Crippen LogP contribution in [0.25, 0.3) is 11.5 Å². The van der Waals surface area contributed by atoms with Crippen LogP contribution in [0.5, 0.6) is 0 Å². The minimum absolute atomic E-state index is 0.0657. The van der Waals surface area contributed by atoms with E-state index < -0.39 is 46.9 Å². The van der Waals surface area contributed by atoms with Crippen LogP contribution in [0, 0.1) is 0 Å². The lowest BCUT2D eigenvalue weighted by Crippen LogP contribution is -2.42. The quantitative estimate of drug-likeness (QED) is 0.604. The van der Waals surface area contributed by atoms with Crippen molar-refractivity contribution in [2.45, 2.75) is 18.6 Å². The maximum Gasteiger partial charge on any atom is 0.417 e. The van der Waals surface area contributed by atoms with E-state index in [-0.39, 0.29) is 6.42 Å². The second-order valence-corrected chi connectivity index (χ2v) is 6.47. The number of amides is 1. The Morgan fingerprint density at radius 2 is 1.90 bits per heavy atom. The first kappa shape index (κ1) is 21.2. The molecule has 156 valence electrons. The number of nitrogens with one attached hydrogen (secondary N) is 1. The number of carbonyl (C=O) groups excluding carboxylic acids is 1. The molecule has 0 saturated carbocycles. The van der Waals surface area contributed by atoms with E-state index >= 15 is 0 Å². The summed E-state index contributed by atoms with van der Waals surface area (Å²) in [6.45, 7) is 0. The highest BCUT2D eigenvalue weighted by Crippen LogP contribution is 2.35. The van der Waals surface area contributed by atoms with Gasteiger partial charge in [0.15, 0.2) is 0 Å². The molecular formula is C18H12ClF3N4O4. The molecule has 0 aliphatic heterocycles. The number of carboxylic acid groups (broad SMARTS) is 1. The molecule has 12 heteroatoms. The summed E-state index contributed by atoms with van der Waals surface area (Å²) in [5, 5.41) is 15.4. The molecule has 1 atom stereocenters. The average molecular weight is 441 g/mol. The number of nitrogens with zero attached hydrogens (tertiary/aromatic N) is 3. The Kier molecular flexibility index (Phi) is 6.01. The van der Waals surface area contributed by atoms with E-state index in [9.17, 15) is 27.9 Å². The Labute approximate surface area is 171 Å². The smallest absolute Gasteiger partial charge is 0.417 e. The first-order valence-electron chi connectivity index (χ1n) is 8.28. The molecule has 1 aromatic carbocycles. The number of hydrogen-bond acceptors (Lipinski definition) is 6. The summed E-state index contributed by atoms with van der Waals surface area (Å²) in [7, 11) is 0. The highest BCUT2D eigenvalue weighted by molar-refractivity contribution is 6.30. The van der Waals surface area contributed by atoms with Crippen molar-refractivity contribution in [2.24, 2.45) is 0 Å². The third-order valence-corrected chi connectivity index (χ3v) is 4.19. The van der Waals surface area contributed by atoms with Gasteiger partial charge in [-0.1, -0.05) is 28.9 Å². The summed E-state index contributed by atoms with van der Waals surface area (Å²) in [6, 6.07) is 5.70. The normalized spacial score (nSPS) is 12.4. The molecule has 0 radical (unpaired) electrons. The van der Waals surface area contributed by atoms with Crippen LogP contribution in [-0.4, -0.2) is 38.1 Å². The molecule has 2 aromatic heterocycles. The van der Waals surface area contributed by atoms with Gasteiger partial charge in [-0.2, -0.15) is 18.2 Å². The van der Waals surface area contributed by atoms with Crippen molar-refractivity contribution in [1.82, 2.24) is 20.4 Å². The Morgan fingerprint density at radius 1 is 1.20 bits per heavy atom. The number of benzene rings is 1. The predicted octanol–water partition coefficient (Wildman–Crippen LogP) is 3.23. The summed E-state index contributed by atoms with van der Waals surface area (Å²) in [4.78, 5) is 31.0. The summed E-state index contributed by atoms with van der Waals surface area (Å²) < 4.78 is 44.1. The van der Waals surface area contributed by atoms with Crippen LogP contribution in [0.4, 0.5) is 13.2 Å². The minimum Gasteiger partial charge on any atom is -0.480 e. The minimum atomic E-state index is -4.71. The first-order valence-corrected chi connectivity index (χ1v) is 8.66. The number of alkyl halides is 3. The molecule has 0 bridgehead atoms. The van der Waals surface area contributed by atoms with E-state index in [0.29, 0.717) is 10.6 Å². The van der Waals surface area contributed by atoms with Gasteiger partial charge >= 0.3 is 12.1 Å². The van der Waals surface area contributed by atoms with E-state index in [1.807, 2.05) is 0 Å². The van der Waals surface area contributed by atoms with Gasteiger partial charge in [-0.25, -0.2) is 4.79 Å². The summed E-state index contributed by atoms with van der Waals surface area (Å²) in [6.07, 6.45) is -2.95. The summed E-state index contributed by atoms with van der Waals surface area (Å²) in [5.74, 6) is -3.55. The van der Waals surface area contributed by atoms with E-state index in [1.54, 1.807) is 24.3 Å². The van der Waals surface area contributed by atoms with Crippen LogP contribution in [0.1, 0.15) is 21.7 Å². The fraction of sp³-hybridized carbons (Fsp3) is 0.167. The van der Waals surface area contributed by atoms with Gasteiger partial charge in [0.05, 0.1) is 11.1 Å². The lowest BCUT2D eigenvalue weighted by Gasteiger charge is -2.13. The molecule has 3 aromatic rings. The van der Waals surface area contributed by atoms with Crippen molar-refractivity contribution in [3.8, 4) is 11.5 Å². The molecule has 0 fully saturated rings. The number of rotatable bonds is 6. The van der Waals surface area contributed by atoms with Crippen molar-refractivity contribution >= 4 is 23.5 Å². The largest absolute Gasteiger partial charge is 0.480 e. The Balaban J connectivity index is 1.79. The van der Waals surface area contributed by atoms with Crippen molar-refractivity contribution in [1.29, 1.82) is 0 Å². The van der Waals surface area contributed by atoms with E-state index in [1.165, 1.54) is 0 Å². The van der Waals surface area contributed by atoms with Crippen LogP contribution in [0.2, 0.25) is 5.02 Å². The van der Waals surface area contributed by atoms with Crippen LogP contribution in [-0.2, 0) is 17.4 Å². The van der Waals surface area contributed by atoms with Gasteiger partial charge in [0.1, 0.15) is 6.04 Å². The van der Waals surface area contributed by atoms with E-state index in [4.69, 9.17) is 16.1 Å². The topological polar surface area (TPSA) is 118 Å². The SMILES string of the molecule is O=C(NC(Cc1ccc(Cl)cc1)C(=O)O)c1noc(-c2cnccc2C(F)(F)F)n1. The molecule has 1 unspecified atom stereocenters. The maximum absolute atomic E-state index is 13.1. The molecule has 2 heterocycles. The zero-order valence-corrected chi connectivity index (χ0v) is 15.6. The molecule has 0 aliphatic carbocycles. The zero-order valence-electron chi connectivity index (χ0n) is 14.9. The fourth-order valence-corrected chi connectivity index (χ4v) is 2.64. The van der Waals surface area contributed by atoms with Crippen molar-refractivity contribution in [3.63, 3.8) is 0 Å². The van der Waals surface area contributed by atoms with Crippen molar-refractivity contribution in [3.05, 3.63) is 64.7 Å². The number of carbonyl (C=O) groups is 2. The third-order valence-electron chi connectivity index (χ3n) is 3.94. The van der Waals surface area contributed by atoms with Crippen LogP contribution in [0.3, 0.4) is 0 Å². The van der Waals surface area contributed by atoms with Crippen LogP contribution >= 0.6 is 11.6 Å². The number of hydrogen-bond donors (Lipinski definition) is 2. The molecule has 30 heavy (non-hydrogen) atoms. The van der Waals surface area contributed by atoms with Crippen molar-refractivity contribution < 1.29 is 32.4 Å². The van der Waals surface area contributed by atoms with E-state index in [0.717, 1.165) is 18.5 Å². The van der Waals surface area contributed by atoms with Gasteiger partial charge in [0, 0.05) is 23.8 Å². The van der Waals surface area contributed by atoms with Gasteiger partial charge < -0.3 is 14.9 Å². The molecular weight excluding hydrogens is 429 g/mol. The number of halogens is 4. The molecule has 0 spiro atoms. The second-order valence-electron chi connectivity index (χ2n) is 6.04. The maximum atomic E-state index is 13.1. The van der Waals surface area contributed by atoms with Crippen LogP contribution < -0.4 is 5.32 Å². The number of aliphatic carboxylic acids is 1. The standard InChI is InChI=1S/C18H12ClF3N4O4/c19-10-3-1-9(2-4-10)7-13(17(28)29)24-15(27)14-25-16(30-26-14)11-8-23-6-5-12(11)18(20,21)22/h1-6,8,13H,7H2,(H,24,27)(H,28,29). The van der Waals surface area contributed by atoms with Gasteiger partial charge in [-0.15, -0.1) is 0 Å². The van der Waals surface area contributed by atoms with Gasteiger partial charge in [0.2, 0.25) is 0 Å². The highest BCUT2D eigenvalue weighted by Gasteiger charge is 2.35. The van der Waals surface area contributed by atoms with Gasteiger partial charge in [-0.05, 0) is 23.8 Å². The Hall–Kier alpha value is -3.47. The van der Waals surface area contributed by atoms with Gasteiger partial charge in [0.25, 0.3) is 17.6 Å². The molecule has 3 rings (SSSR count). The summed E-state index contributed by atoms with van der Waals surface area (Å²) in [5.41, 5.74) is -0.988. The van der Waals surface area contributed by atoms with Crippen LogP contribution in [0.15, 0.2) is 47.2 Å². The average Bonchev–Trinajstić information content (AvgIpc) is 3.18. The van der Waals surface area contributed by atoms with Crippen molar-refractivity contribution in [2.75, 3.05) is 0 Å². The monoisotopic (exact) mass is 440 g/mol. The fourth-order valence-electron chi connectivity index (χ4n) is 2.52. The lowest BCUT2D eigenvalue weighted by molar-refractivity contribution is -0.139. The number of carboxylic acids is 1. The van der Waals surface area contributed by atoms with E-state index in [2.05, 4.69) is 20.4 Å². The number of pyridine rings is 1. The highest BCUT2D eigenvalue weighted by atomic mass is 35.5. The summed E-state index contributed by atoms with van der Waals surface area (Å²) >= 11 is 5.78. The van der Waals surface area contributed by atoms with Gasteiger partial charge in [-0.3, -0.25) is 9.78 Å². The number of aromatic nitrogens is 3. The first-order chi connectivity index (χ1) is 14.1. The predicted molar refractivity (Wildman–Crippen MR) is 96.6 cm³/mol. The molecule has 1 amide bonds.